The summed E-state index contributed by atoms with van der Waals surface area (Å²) in [5.74, 6) is 2.03. The van der Waals surface area contributed by atoms with E-state index >= 15 is 0 Å². The van der Waals surface area contributed by atoms with E-state index in [2.05, 4.69) is 5.10 Å². The first-order chi connectivity index (χ1) is 16.5. The summed E-state index contributed by atoms with van der Waals surface area (Å²) in [6.45, 7) is 1.87. The van der Waals surface area contributed by atoms with Crippen molar-refractivity contribution in [2.24, 2.45) is 5.10 Å². The van der Waals surface area contributed by atoms with Gasteiger partial charge < -0.3 is 23.7 Å². The lowest BCUT2D eigenvalue weighted by atomic mass is 10.1. The molecule has 3 aromatic carbocycles. The maximum absolute atomic E-state index is 12.4. The van der Waals surface area contributed by atoms with Crippen LogP contribution >= 0.6 is 0 Å². The molecule has 0 saturated carbocycles. The summed E-state index contributed by atoms with van der Waals surface area (Å²) in [5.41, 5.74) is 2.37. The molecule has 0 aliphatic carbocycles. The smallest absolute Gasteiger partial charge is 0.243 e. The van der Waals surface area contributed by atoms with Crippen LogP contribution in [0.25, 0.3) is 0 Å². The van der Waals surface area contributed by atoms with Crippen molar-refractivity contribution in [3.05, 3.63) is 83.4 Å². The van der Waals surface area contributed by atoms with Crippen LogP contribution in [0.2, 0.25) is 0 Å². The fourth-order valence-electron chi connectivity index (χ4n) is 3.60. The molecule has 1 heterocycles. The highest BCUT2D eigenvalue weighted by atomic mass is 16.5. The number of hydrazone groups is 1. The Hall–Kier alpha value is -4.20. The molecular weight excluding hydrogens is 436 g/mol. The molecule has 1 aliphatic heterocycles. The first-order valence-electron chi connectivity index (χ1n) is 10.7. The molecule has 1 aliphatic rings. The monoisotopic (exact) mass is 462 g/mol. The molecule has 0 fully saturated rings. The van der Waals surface area contributed by atoms with E-state index in [-0.39, 0.29) is 11.8 Å². The van der Waals surface area contributed by atoms with E-state index in [1.165, 1.54) is 33.3 Å². The van der Waals surface area contributed by atoms with Gasteiger partial charge in [-0.3, -0.25) is 4.79 Å². The molecule has 0 saturated heterocycles. The molecule has 4 rings (SSSR count). The van der Waals surface area contributed by atoms with Gasteiger partial charge in [0.2, 0.25) is 23.8 Å². The van der Waals surface area contributed by atoms with Gasteiger partial charge in [-0.05, 0) is 29.8 Å². The summed E-state index contributed by atoms with van der Waals surface area (Å²) in [4.78, 5) is 12.4. The van der Waals surface area contributed by atoms with E-state index in [1.807, 2.05) is 54.6 Å². The van der Waals surface area contributed by atoms with Gasteiger partial charge in [0.25, 0.3) is 0 Å². The molecule has 0 aromatic heterocycles. The number of methoxy groups -OCH3 is 3. The topological polar surface area (TPSA) is 78.8 Å². The Morgan fingerprint density at radius 3 is 2.26 bits per heavy atom. The highest BCUT2D eigenvalue weighted by Gasteiger charge is 2.34. The number of rotatable bonds is 8. The number of carbonyl (C=O) groups excluding carboxylic acids is 1. The summed E-state index contributed by atoms with van der Waals surface area (Å²) < 4.78 is 28.3. The average molecular weight is 463 g/mol. The second-order valence-corrected chi connectivity index (χ2v) is 7.50. The van der Waals surface area contributed by atoms with Crippen LogP contribution in [-0.2, 0) is 16.1 Å². The third-order valence-electron chi connectivity index (χ3n) is 5.27. The van der Waals surface area contributed by atoms with Crippen LogP contribution in [0.3, 0.4) is 0 Å². The van der Waals surface area contributed by atoms with Gasteiger partial charge in [-0.1, -0.05) is 42.5 Å². The van der Waals surface area contributed by atoms with Crippen molar-refractivity contribution >= 4 is 11.8 Å². The van der Waals surface area contributed by atoms with Crippen LogP contribution in [-0.4, -0.2) is 38.1 Å². The third kappa shape index (κ3) is 4.76. The second kappa shape index (κ2) is 10.2. The van der Waals surface area contributed by atoms with E-state index in [9.17, 15) is 4.79 Å². The van der Waals surface area contributed by atoms with Gasteiger partial charge in [0.1, 0.15) is 12.4 Å². The Morgan fingerprint density at radius 1 is 0.941 bits per heavy atom. The van der Waals surface area contributed by atoms with Crippen molar-refractivity contribution in [1.29, 1.82) is 0 Å². The van der Waals surface area contributed by atoms with E-state index in [4.69, 9.17) is 23.7 Å². The van der Waals surface area contributed by atoms with Crippen LogP contribution in [0.5, 0.6) is 23.0 Å². The molecule has 0 unspecified atom stereocenters. The SMILES string of the molecule is COc1cc(C2=NN(C(C)=O)[C@@H](c3cccc(OCc4ccccc4)c3)O2)cc(OC)c1OC. The number of hydrogen-bond acceptors (Lipinski definition) is 7. The number of ether oxygens (including phenoxy) is 5. The highest BCUT2D eigenvalue weighted by molar-refractivity contribution is 5.97. The minimum atomic E-state index is -0.744. The molecule has 0 N–H and O–H groups in total. The van der Waals surface area contributed by atoms with Gasteiger partial charge in [0.15, 0.2) is 11.5 Å². The number of amides is 1. The van der Waals surface area contributed by atoms with Gasteiger partial charge in [0.05, 0.1) is 21.3 Å². The molecule has 1 atom stereocenters. The Balaban J connectivity index is 1.60. The van der Waals surface area contributed by atoms with Crippen LogP contribution in [0.1, 0.15) is 29.8 Å². The van der Waals surface area contributed by atoms with Crippen molar-refractivity contribution in [3.8, 4) is 23.0 Å². The van der Waals surface area contributed by atoms with E-state index in [0.29, 0.717) is 35.2 Å². The third-order valence-corrected chi connectivity index (χ3v) is 5.27. The summed E-state index contributed by atoms with van der Waals surface area (Å²) in [7, 11) is 4.60. The summed E-state index contributed by atoms with van der Waals surface area (Å²) in [6, 6.07) is 20.8. The van der Waals surface area contributed by atoms with Crippen LogP contribution in [0.15, 0.2) is 71.8 Å². The minimum absolute atomic E-state index is 0.259. The predicted molar refractivity (Wildman–Crippen MR) is 126 cm³/mol. The van der Waals surface area contributed by atoms with Crippen LogP contribution < -0.4 is 18.9 Å². The van der Waals surface area contributed by atoms with E-state index < -0.39 is 6.23 Å². The van der Waals surface area contributed by atoms with Gasteiger partial charge in [-0.2, -0.15) is 5.01 Å². The largest absolute Gasteiger partial charge is 0.493 e. The fourth-order valence-corrected chi connectivity index (χ4v) is 3.60. The Kier molecular flexibility index (Phi) is 6.87. The van der Waals surface area contributed by atoms with Crippen LogP contribution in [0, 0.1) is 0 Å². The summed E-state index contributed by atoms with van der Waals surface area (Å²) in [5, 5.41) is 5.73. The Labute approximate surface area is 198 Å². The van der Waals surface area contributed by atoms with Gasteiger partial charge in [0, 0.05) is 18.1 Å². The quantitative estimate of drug-likeness (QED) is 0.489. The van der Waals surface area contributed by atoms with Gasteiger partial charge in [-0.15, -0.1) is 5.10 Å². The van der Waals surface area contributed by atoms with Crippen molar-refractivity contribution < 1.29 is 28.5 Å². The second-order valence-electron chi connectivity index (χ2n) is 7.50. The maximum atomic E-state index is 12.4. The lowest BCUT2D eigenvalue weighted by molar-refractivity contribution is -0.135. The number of benzene rings is 3. The minimum Gasteiger partial charge on any atom is -0.493 e. The van der Waals surface area contributed by atoms with E-state index in [0.717, 1.165) is 11.1 Å². The zero-order valence-corrected chi connectivity index (χ0v) is 19.5. The first-order valence-corrected chi connectivity index (χ1v) is 10.7. The Morgan fingerprint density at radius 2 is 1.65 bits per heavy atom. The molecule has 0 radical (unpaired) electrons. The lowest BCUT2D eigenvalue weighted by Crippen LogP contribution is -2.25. The molecule has 0 bridgehead atoms. The summed E-state index contributed by atoms with van der Waals surface area (Å²) in [6.07, 6.45) is -0.744. The molecule has 8 heteroatoms. The van der Waals surface area contributed by atoms with Crippen molar-refractivity contribution in [1.82, 2.24) is 5.01 Å². The standard InChI is InChI=1S/C26H26N2O6/c1-17(29)28-26(19-11-8-12-21(13-19)33-16-18-9-6-5-7-10-18)34-25(27-28)20-14-22(30-2)24(32-4)23(15-20)31-3/h5-15,26H,16H2,1-4H3/t26-/m1/s1. The molecule has 34 heavy (non-hydrogen) atoms. The molecule has 3 aromatic rings. The molecule has 8 nitrogen and oxygen atoms in total. The molecule has 1 amide bonds. The van der Waals surface area contributed by atoms with Crippen molar-refractivity contribution in [2.45, 2.75) is 19.8 Å². The first kappa shape index (κ1) is 23.0. The number of hydrogen-bond donors (Lipinski definition) is 0. The molecule has 176 valence electrons. The van der Waals surface area contributed by atoms with Crippen molar-refractivity contribution in [2.75, 3.05) is 21.3 Å². The number of nitrogens with zero attached hydrogens (tertiary/aromatic N) is 2. The highest BCUT2D eigenvalue weighted by Crippen LogP contribution is 2.40. The van der Waals surface area contributed by atoms with Crippen LogP contribution in [0.4, 0.5) is 0 Å². The average Bonchev–Trinajstić information content (AvgIpc) is 3.33. The zero-order valence-electron chi connectivity index (χ0n) is 19.5. The predicted octanol–water partition coefficient (Wildman–Crippen LogP) is 4.53. The number of carbonyl (C=O) groups is 1. The Bertz CT molecular complexity index is 1170. The molecular formula is C26H26N2O6. The fraction of sp³-hybridized carbons (Fsp3) is 0.231. The zero-order chi connectivity index (χ0) is 24.1. The van der Waals surface area contributed by atoms with E-state index in [1.54, 1.807) is 12.1 Å². The van der Waals surface area contributed by atoms with Gasteiger partial charge in [-0.25, -0.2) is 0 Å². The lowest BCUT2D eigenvalue weighted by Gasteiger charge is -2.20. The summed E-state index contributed by atoms with van der Waals surface area (Å²) >= 11 is 0. The molecule has 0 spiro atoms. The normalized spacial score (nSPS) is 14.8. The van der Waals surface area contributed by atoms with Crippen molar-refractivity contribution in [3.63, 3.8) is 0 Å². The van der Waals surface area contributed by atoms with Gasteiger partial charge >= 0.3 is 0 Å². The maximum Gasteiger partial charge on any atom is 0.243 e.